The molecule has 2 rings (SSSR count). The summed E-state index contributed by atoms with van der Waals surface area (Å²) in [6.07, 6.45) is 1.47. The van der Waals surface area contributed by atoms with Gasteiger partial charge in [0.2, 0.25) is 0 Å². The number of halogens is 1. The SMILES string of the molecule is CCl.C[SiH]C.[Zr].c1ccc2[cH-]ccc2c1. The van der Waals surface area contributed by atoms with Crippen LogP contribution in [0.3, 0.4) is 0 Å². The Morgan fingerprint density at radius 2 is 1.60 bits per heavy atom. The first-order valence-corrected chi connectivity index (χ1v) is 7.67. The minimum Gasteiger partial charge on any atom is -0.168 e. The van der Waals surface area contributed by atoms with Gasteiger partial charge in [0.15, 0.2) is 0 Å². The minimum atomic E-state index is 0. The summed E-state index contributed by atoms with van der Waals surface area (Å²) in [7, 11) is 0.750. The number of hydrogen-bond donors (Lipinski definition) is 0. The predicted molar refractivity (Wildman–Crippen MR) is 70.2 cm³/mol. The first-order valence-electron chi connectivity index (χ1n) is 4.60. The third kappa shape index (κ3) is 7.16. The van der Waals surface area contributed by atoms with E-state index >= 15 is 0 Å². The second-order valence-electron chi connectivity index (χ2n) is 2.73. The maximum absolute atomic E-state index is 4.64. The molecular formula is C12H17ClSiZr-. The Bertz CT molecular complexity index is 303. The van der Waals surface area contributed by atoms with Crippen LogP contribution in [0.2, 0.25) is 13.1 Å². The third-order valence-electron chi connectivity index (χ3n) is 1.55. The van der Waals surface area contributed by atoms with Crippen molar-refractivity contribution in [3.63, 3.8) is 0 Å². The molecule has 0 fully saturated rings. The Morgan fingerprint density at radius 3 is 2.13 bits per heavy atom. The maximum Gasteiger partial charge on any atom is 0.0213 e. The number of hydrogen-bond acceptors (Lipinski definition) is 0. The van der Waals surface area contributed by atoms with E-state index in [0.717, 1.165) is 9.52 Å². The fraction of sp³-hybridized carbons (Fsp3) is 0.250. The van der Waals surface area contributed by atoms with Gasteiger partial charge in [-0.15, -0.1) is 41.3 Å². The van der Waals surface area contributed by atoms with E-state index < -0.39 is 0 Å². The molecule has 0 aliphatic rings. The van der Waals surface area contributed by atoms with Gasteiger partial charge in [0, 0.05) is 42.1 Å². The van der Waals surface area contributed by atoms with Crippen LogP contribution in [-0.2, 0) is 26.2 Å². The number of fused-ring (bicyclic) bond motifs is 1. The summed E-state index contributed by atoms with van der Waals surface area (Å²) in [5.41, 5.74) is 0. The molecule has 0 aliphatic carbocycles. The Labute approximate surface area is 119 Å². The van der Waals surface area contributed by atoms with E-state index in [4.69, 9.17) is 0 Å². The van der Waals surface area contributed by atoms with Crippen LogP contribution < -0.4 is 0 Å². The number of benzene rings is 1. The maximum atomic E-state index is 4.64. The zero-order chi connectivity index (χ0) is 10.8. The Balaban J connectivity index is 0. The van der Waals surface area contributed by atoms with Crippen LogP contribution in [0.25, 0.3) is 10.8 Å². The van der Waals surface area contributed by atoms with E-state index in [1.165, 1.54) is 17.2 Å². The van der Waals surface area contributed by atoms with Gasteiger partial charge in [-0.25, -0.2) is 0 Å². The summed E-state index contributed by atoms with van der Waals surface area (Å²) in [5, 5.41) is 2.66. The molecule has 0 aromatic heterocycles. The second-order valence-corrected chi connectivity index (χ2v) is 3.89. The van der Waals surface area contributed by atoms with Crippen molar-refractivity contribution in [1.29, 1.82) is 0 Å². The Hall–Kier alpha value is 0.220. The number of rotatable bonds is 0. The molecular weight excluding hydrogens is 299 g/mol. The molecule has 1 radical (unpaired) electrons. The van der Waals surface area contributed by atoms with E-state index in [2.05, 4.69) is 67.2 Å². The average molecular weight is 316 g/mol. The van der Waals surface area contributed by atoms with Gasteiger partial charge in [0.1, 0.15) is 0 Å². The molecule has 15 heavy (non-hydrogen) atoms. The van der Waals surface area contributed by atoms with Crippen molar-refractivity contribution < 1.29 is 26.2 Å². The summed E-state index contributed by atoms with van der Waals surface area (Å²) >= 11 is 4.64. The molecule has 3 heteroatoms. The summed E-state index contributed by atoms with van der Waals surface area (Å²) < 4.78 is 0. The molecule has 2 aromatic rings. The van der Waals surface area contributed by atoms with Gasteiger partial charge < -0.3 is 0 Å². The Morgan fingerprint density at radius 1 is 1.07 bits per heavy atom. The van der Waals surface area contributed by atoms with Crippen LogP contribution in [0.5, 0.6) is 0 Å². The zero-order valence-electron chi connectivity index (χ0n) is 9.50. The standard InChI is InChI=1S/C9H7.C2H7Si.CH3Cl.Zr/c1-2-5-9-7-3-6-8(9)4-1;1-3-2;1-2;/h1-7H;3H,1-2H3;1H3;/q-1;;;. The fourth-order valence-corrected chi connectivity index (χ4v) is 1.07. The molecule has 0 unspecified atom stereocenters. The third-order valence-corrected chi connectivity index (χ3v) is 1.55. The fourth-order valence-electron chi connectivity index (χ4n) is 1.07. The normalized spacial score (nSPS) is 7.73. The molecule has 0 saturated heterocycles. The first-order chi connectivity index (χ1) is 6.88. The average Bonchev–Trinajstić information content (AvgIpc) is 2.69. The Kier molecular flexibility index (Phi) is 14.4. The molecule has 2 aromatic carbocycles. The largest absolute Gasteiger partial charge is 0.168 e. The molecule has 0 nitrogen and oxygen atoms in total. The van der Waals surface area contributed by atoms with Gasteiger partial charge in [-0.05, 0) is 0 Å². The molecule has 0 atom stereocenters. The predicted octanol–water partition coefficient (Wildman–Crippen LogP) is 3.93. The summed E-state index contributed by atoms with van der Waals surface area (Å²) in [6.45, 7) is 4.42. The molecule has 0 amide bonds. The summed E-state index contributed by atoms with van der Waals surface area (Å²) in [5.74, 6) is 0. The zero-order valence-corrected chi connectivity index (χ0v) is 13.9. The van der Waals surface area contributed by atoms with Gasteiger partial charge in [-0.2, -0.15) is 17.5 Å². The quantitative estimate of drug-likeness (QED) is 0.392. The van der Waals surface area contributed by atoms with E-state index in [-0.39, 0.29) is 26.2 Å². The van der Waals surface area contributed by atoms with Crippen molar-refractivity contribution in [2.45, 2.75) is 13.1 Å². The summed E-state index contributed by atoms with van der Waals surface area (Å²) in [4.78, 5) is 0. The summed E-state index contributed by atoms with van der Waals surface area (Å²) in [6, 6.07) is 14.7. The smallest absolute Gasteiger partial charge is 0.0213 e. The van der Waals surface area contributed by atoms with E-state index in [9.17, 15) is 0 Å². The number of alkyl halides is 1. The molecule has 0 bridgehead atoms. The van der Waals surface area contributed by atoms with Gasteiger partial charge in [0.05, 0.1) is 0 Å². The van der Waals surface area contributed by atoms with Crippen LogP contribution in [0.15, 0.2) is 42.5 Å². The molecule has 81 valence electrons. The van der Waals surface area contributed by atoms with Crippen LogP contribution in [0, 0.1) is 0 Å². The van der Waals surface area contributed by atoms with Crippen molar-refractivity contribution >= 4 is 31.9 Å². The van der Waals surface area contributed by atoms with Crippen LogP contribution in [-0.4, -0.2) is 15.9 Å². The molecule has 0 saturated carbocycles. The topological polar surface area (TPSA) is 0 Å². The second kappa shape index (κ2) is 12.3. The van der Waals surface area contributed by atoms with Gasteiger partial charge in [0.25, 0.3) is 0 Å². The van der Waals surface area contributed by atoms with Crippen LogP contribution in [0.1, 0.15) is 0 Å². The van der Waals surface area contributed by atoms with Crippen molar-refractivity contribution in [3.8, 4) is 0 Å². The van der Waals surface area contributed by atoms with E-state index in [1.807, 2.05) is 0 Å². The van der Waals surface area contributed by atoms with Crippen molar-refractivity contribution in [1.82, 2.24) is 0 Å². The first kappa shape index (κ1) is 17.6. The van der Waals surface area contributed by atoms with Gasteiger partial charge >= 0.3 is 0 Å². The molecule has 0 heterocycles. The van der Waals surface area contributed by atoms with Crippen molar-refractivity contribution in [3.05, 3.63) is 42.5 Å². The van der Waals surface area contributed by atoms with Gasteiger partial charge in [-0.3, -0.25) is 0 Å². The van der Waals surface area contributed by atoms with E-state index in [1.54, 1.807) is 0 Å². The van der Waals surface area contributed by atoms with Crippen molar-refractivity contribution in [2.24, 2.45) is 0 Å². The van der Waals surface area contributed by atoms with E-state index in [0.29, 0.717) is 0 Å². The van der Waals surface area contributed by atoms with Crippen LogP contribution >= 0.6 is 11.6 Å². The monoisotopic (exact) mass is 314 g/mol. The minimum absolute atomic E-state index is 0. The van der Waals surface area contributed by atoms with Crippen LogP contribution in [0.4, 0.5) is 0 Å². The molecule has 0 spiro atoms. The van der Waals surface area contributed by atoms with Crippen molar-refractivity contribution in [2.75, 3.05) is 6.38 Å². The molecule has 0 N–H and O–H groups in total. The molecule has 0 aliphatic heterocycles. The van der Waals surface area contributed by atoms with Gasteiger partial charge in [-0.1, -0.05) is 19.2 Å².